The summed E-state index contributed by atoms with van der Waals surface area (Å²) in [5, 5.41) is 11.5. The summed E-state index contributed by atoms with van der Waals surface area (Å²) in [6.45, 7) is -0.310. The van der Waals surface area contributed by atoms with Crippen LogP contribution in [-0.2, 0) is 6.54 Å². The molecule has 0 radical (unpaired) electrons. The third-order valence-corrected chi connectivity index (χ3v) is 3.06. The van der Waals surface area contributed by atoms with E-state index in [9.17, 15) is 18.0 Å². The maximum Gasteiger partial charge on any atom is 0.416 e. The monoisotopic (exact) mass is 312 g/mol. The lowest BCUT2D eigenvalue weighted by Gasteiger charge is -2.16. The molecule has 0 aliphatic rings. The molecule has 118 valence electrons. The normalized spacial score (nSPS) is 12.9. The molecule has 0 aliphatic carbocycles. The van der Waals surface area contributed by atoms with E-state index in [0.717, 1.165) is 5.56 Å². The number of aliphatic hydroxyl groups excluding tert-OH is 1. The lowest BCUT2D eigenvalue weighted by molar-refractivity contribution is -0.198. The summed E-state index contributed by atoms with van der Waals surface area (Å²) in [5.41, 5.74) is 1.05. The van der Waals surface area contributed by atoms with Crippen LogP contribution in [0.15, 0.2) is 53.5 Å². The van der Waals surface area contributed by atoms with E-state index in [1.165, 1.54) is 10.6 Å². The van der Waals surface area contributed by atoms with Crippen LogP contribution in [0.1, 0.15) is 5.56 Å². The number of nitrogens with one attached hydrogen (secondary N) is 1. The fraction of sp³-hybridized carbons (Fsp3) is 0.267. The number of benzene rings is 1. The van der Waals surface area contributed by atoms with Crippen LogP contribution in [0.2, 0.25) is 0 Å². The maximum atomic E-state index is 12.2. The number of anilines is 1. The van der Waals surface area contributed by atoms with E-state index in [-0.39, 0.29) is 5.56 Å². The molecule has 0 saturated heterocycles. The van der Waals surface area contributed by atoms with E-state index in [1.54, 1.807) is 42.6 Å². The lowest BCUT2D eigenvalue weighted by Crippen LogP contribution is -2.35. The summed E-state index contributed by atoms with van der Waals surface area (Å²) in [4.78, 5) is 11.6. The summed E-state index contributed by atoms with van der Waals surface area (Å²) in [5.74, 6) is 0. The van der Waals surface area contributed by atoms with Gasteiger partial charge >= 0.3 is 6.18 Å². The Morgan fingerprint density at radius 2 is 1.95 bits per heavy atom. The van der Waals surface area contributed by atoms with Crippen molar-refractivity contribution >= 4 is 5.69 Å². The molecule has 0 aliphatic heterocycles. The van der Waals surface area contributed by atoms with Gasteiger partial charge in [-0.05, 0) is 23.8 Å². The van der Waals surface area contributed by atoms with Gasteiger partial charge in [0, 0.05) is 24.5 Å². The number of aromatic nitrogens is 1. The summed E-state index contributed by atoms with van der Waals surface area (Å²) < 4.78 is 38.2. The minimum atomic E-state index is -4.65. The number of nitrogens with zero attached hydrogens (tertiary/aromatic N) is 1. The Bertz CT molecular complexity index is 683. The highest BCUT2D eigenvalue weighted by molar-refractivity contribution is 5.45. The van der Waals surface area contributed by atoms with Crippen molar-refractivity contribution in [2.75, 3.05) is 11.9 Å². The number of halogens is 3. The van der Waals surface area contributed by atoms with E-state index in [0.29, 0.717) is 12.2 Å². The molecule has 2 aromatic rings. The van der Waals surface area contributed by atoms with Gasteiger partial charge in [-0.1, -0.05) is 18.2 Å². The molecule has 1 heterocycles. The predicted octanol–water partition coefficient (Wildman–Crippen LogP) is 2.23. The van der Waals surface area contributed by atoms with Crippen LogP contribution in [-0.4, -0.2) is 28.5 Å². The Labute approximate surface area is 124 Å². The average molecular weight is 312 g/mol. The Morgan fingerprint density at radius 1 is 1.18 bits per heavy atom. The van der Waals surface area contributed by atoms with Gasteiger partial charge in [-0.25, -0.2) is 0 Å². The van der Waals surface area contributed by atoms with Crippen LogP contribution < -0.4 is 10.9 Å². The molecule has 0 bridgehead atoms. The number of pyridine rings is 1. The Balaban J connectivity index is 2.04. The molecule has 0 amide bonds. The van der Waals surface area contributed by atoms with Crippen molar-refractivity contribution in [3.63, 3.8) is 0 Å². The topological polar surface area (TPSA) is 54.3 Å². The van der Waals surface area contributed by atoms with E-state index in [1.807, 2.05) is 0 Å². The highest BCUT2D eigenvalue weighted by atomic mass is 19.4. The highest BCUT2D eigenvalue weighted by Gasteiger charge is 2.37. The number of hydrogen-bond donors (Lipinski definition) is 2. The summed E-state index contributed by atoms with van der Waals surface area (Å²) in [7, 11) is 0. The molecular formula is C15H15F3N2O2. The molecular weight excluding hydrogens is 297 g/mol. The minimum Gasteiger partial charge on any atom is -0.382 e. The third-order valence-electron chi connectivity index (χ3n) is 3.06. The first-order chi connectivity index (χ1) is 10.4. The maximum absolute atomic E-state index is 12.2. The quantitative estimate of drug-likeness (QED) is 0.890. The zero-order valence-corrected chi connectivity index (χ0v) is 11.5. The van der Waals surface area contributed by atoms with Gasteiger partial charge in [0.1, 0.15) is 0 Å². The molecule has 0 saturated carbocycles. The average Bonchev–Trinajstić information content (AvgIpc) is 2.46. The second-order valence-corrected chi connectivity index (χ2v) is 4.81. The van der Waals surface area contributed by atoms with Crippen LogP contribution in [0, 0.1) is 0 Å². The zero-order chi connectivity index (χ0) is 16.2. The summed E-state index contributed by atoms with van der Waals surface area (Å²) in [6, 6.07) is 11.5. The molecule has 2 rings (SSSR count). The van der Waals surface area contributed by atoms with Gasteiger partial charge in [-0.15, -0.1) is 0 Å². The van der Waals surface area contributed by atoms with Crippen LogP contribution in [0.25, 0.3) is 0 Å². The van der Waals surface area contributed by atoms with Crippen molar-refractivity contribution in [3.8, 4) is 0 Å². The number of rotatable bonds is 5. The van der Waals surface area contributed by atoms with Crippen molar-refractivity contribution in [3.05, 3.63) is 64.6 Å². The Morgan fingerprint density at radius 3 is 2.64 bits per heavy atom. The number of alkyl halides is 3. The van der Waals surface area contributed by atoms with Crippen molar-refractivity contribution in [2.45, 2.75) is 18.8 Å². The molecule has 0 spiro atoms. The van der Waals surface area contributed by atoms with Gasteiger partial charge in [-0.3, -0.25) is 4.79 Å². The first-order valence-corrected chi connectivity index (χ1v) is 6.59. The van der Waals surface area contributed by atoms with E-state index in [4.69, 9.17) is 5.11 Å². The molecule has 7 heteroatoms. The summed E-state index contributed by atoms with van der Waals surface area (Å²) >= 11 is 0. The summed E-state index contributed by atoms with van der Waals surface area (Å²) in [6.07, 6.45) is -5.44. The Kier molecular flexibility index (Phi) is 4.87. The molecule has 2 N–H and O–H groups in total. The standard InChI is InChI=1S/C15H15F3N2O2/c16-15(17,18)13(21)9-19-12-5-3-4-11(8-12)10-20-7-2-1-6-14(20)22/h1-8,13,19,21H,9-10H2. The van der Waals surface area contributed by atoms with Gasteiger partial charge in [0.2, 0.25) is 0 Å². The third kappa shape index (κ3) is 4.36. The first-order valence-electron chi connectivity index (χ1n) is 6.59. The van der Waals surface area contributed by atoms with Gasteiger partial charge in [0.25, 0.3) is 5.56 Å². The number of aliphatic hydroxyl groups is 1. The SMILES string of the molecule is O=c1ccccn1Cc1cccc(NCC(O)C(F)(F)F)c1. The predicted molar refractivity (Wildman–Crippen MR) is 76.8 cm³/mol. The first kappa shape index (κ1) is 16.1. The second-order valence-electron chi connectivity index (χ2n) is 4.81. The van der Waals surface area contributed by atoms with Crippen LogP contribution in [0.5, 0.6) is 0 Å². The van der Waals surface area contributed by atoms with Gasteiger partial charge in [0.05, 0.1) is 6.54 Å². The van der Waals surface area contributed by atoms with Crippen LogP contribution in [0.4, 0.5) is 18.9 Å². The van der Waals surface area contributed by atoms with E-state index < -0.39 is 18.8 Å². The molecule has 1 unspecified atom stereocenters. The second kappa shape index (κ2) is 6.65. The smallest absolute Gasteiger partial charge is 0.382 e. The largest absolute Gasteiger partial charge is 0.416 e. The van der Waals surface area contributed by atoms with E-state index in [2.05, 4.69) is 5.32 Å². The molecule has 22 heavy (non-hydrogen) atoms. The lowest BCUT2D eigenvalue weighted by atomic mass is 10.2. The Hall–Kier alpha value is -2.28. The van der Waals surface area contributed by atoms with E-state index >= 15 is 0 Å². The molecule has 0 fully saturated rings. The van der Waals surface area contributed by atoms with Crippen molar-refractivity contribution in [2.24, 2.45) is 0 Å². The molecule has 4 nitrogen and oxygen atoms in total. The van der Waals surface area contributed by atoms with Crippen LogP contribution in [0.3, 0.4) is 0 Å². The number of hydrogen-bond acceptors (Lipinski definition) is 3. The van der Waals surface area contributed by atoms with Gasteiger partial charge in [0.15, 0.2) is 6.10 Å². The zero-order valence-electron chi connectivity index (χ0n) is 11.5. The highest BCUT2D eigenvalue weighted by Crippen LogP contribution is 2.20. The van der Waals surface area contributed by atoms with Crippen molar-refractivity contribution in [1.29, 1.82) is 0 Å². The fourth-order valence-corrected chi connectivity index (χ4v) is 1.90. The van der Waals surface area contributed by atoms with Gasteiger partial charge < -0.3 is 15.0 Å². The van der Waals surface area contributed by atoms with Crippen molar-refractivity contribution in [1.82, 2.24) is 4.57 Å². The molecule has 1 atom stereocenters. The van der Waals surface area contributed by atoms with Crippen molar-refractivity contribution < 1.29 is 18.3 Å². The fourth-order valence-electron chi connectivity index (χ4n) is 1.90. The minimum absolute atomic E-state index is 0.159. The molecule has 1 aromatic carbocycles. The van der Waals surface area contributed by atoms with Gasteiger partial charge in [-0.2, -0.15) is 13.2 Å². The van der Waals surface area contributed by atoms with Crippen LogP contribution >= 0.6 is 0 Å². The molecule has 1 aromatic heterocycles.